The van der Waals surface area contributed by atoms with Gasteiger partial charge in [-0.25, -0.2) is 0 Å². The predicted molar refractivity (Wildman–Crippen MR) is 99.5 cm³/mol. The number of carbonyl (C=O) groups excluding carboxylic acids is 2. The lowest BCUT2D eigenvalue weighted by molar-refractivity contribution is -0.117. The number of anilines is 1. The second-order valence-electron chi connectivity index (χ2n) is 5.51. The highest BCUT2D eigenvalue weighted by Gasteiger charge is 2.04. The number of hydrogen-bond donors (Lipinski definition) is 2. The molecule has 0 saturated heterocycles. The van der Waals surface area contributed by atoms with Crippen LogP contribution in [-0.2, 0) is 9.59 Å². The molecule has 0 aliphatic heterocycles. The molecule has 0 fully saturated rings. The summed E-state index contributed by atoms with van der Waals surface area (Å²) in [5, 5.41) is 5.53. The Bertz CT molecular complexity index is 752. The second kappa shape index (κ2) is 9.27. The number of amides is 2. The second-order valence-corrected chi connectivity index (χ2v) is 5.51. The average Bonchev–Trinajstić information content (AvgIpc) is 2.62. The fraction of sp³-hybridized carbons (Fsp3) is 0.200. The molecular weight excluding hydrogens is 316 g/mol. The molecule has 25 heavy (non-hydrogen) atoms. The standard InChI is InChI=1S/C20H22N2O3/c1-15-5-3-4-6-18(15)22-20(24)13-14-21-19(23)12-9-16-7-10-17(25-2)11-8-16/h3-12H,13-14H2,1-2H3,(H,21,23)(H,22,24)/b12-9+. The van der Waals surface area contributed by atoms with Crippen molar-refractivity contribution in [2.75, 3.05) is 19.0 Å². The van der Waals surface area contributed by atoms with Crippen LogP contribution >= 0.6 is 0 Å². The van der Waals surface area contributed by atoms with Crippen LogP contribution in [0.5, 0.6) is 5.75 Å². The Balaban J connectivity index is 1.73. The largest absolute Gasteiger partial charge is 0.497 e. The number of carbonyl (C=O) groups is 2. The first-order chi connectivity index (χ1) is 12.1. The number of hydrogen-bond acceptors (Lipinski definition) is 3. The van der Waals surface area contributed by atoms with Crippen molar-refractivity contribution in [2.24, 2.45) is 0 Å². The van der Waals surface area contributed by atoms with Crippen LogP contribution in [0.4, 0.5) is 5.69 Å². The quantitative estimate of drug-likeness (QED) is 0.762. The first kappa shape index (κ1) is 18.3. The molecule has 0 unspecified atom stereocenters. The first-order valence-electron chi connectivity index (χ1n) is 8.04. The van der Waals surface area contributed by atoms with Gasteiger partial charge in [0, 0.05) is 24.7 Å². The average molecular weight is 338 g/mol. The number of rotatable bonds is 7. The van der Waals surface area contributed by atoms with Gasteiger partial charge in [0.1, 0.15) is 5.75 Å². The van der Waals surface area contributed by atoms with Gasteiger partial charge in [-0.3, -0.25) is 9.59 Å². The normalized spacial score (nSPS) is 10.5. The minimum absolute atomic E-state index is 0.131. The number of aryl methyl sites for hydroxylation is 1. The Hall–Kier alpha value is -3.08. The molecular formula is C20H22N2O3. The van der Waals surface area contributed by atoms with Crippen molar-refractivity contribution in [1.82, 2.24) is 5.32 Å². The van der Waals surface area contributed by atoms with E-state index in [4.69, 9.17) is 4.74 Å². The van der Waals surface area contributed by atoms with Gasteiger partial charge in [0.05, 0.1) is 7.11 Å². The molecule has 2 rings (SSSR count). The molecule has 2 N–H and O–H groups in total. The molecule has 0 aromatic heterocycles. The Kier molecular flexibility index (Phi) is 6.77. The van der Waals surface area contributed by atoms with Crippen LogP contribution in [0.3, 0.4) is 0 Å². The van der Waals surface area contributed by atoms with E-state index in [-0.39, 0.29) is 24.8 Å². The maximum absolute atomic E-state index is 11.9. The van der Waals surface area contributed by atoms with Gasteiger partial charge in [-0.1, -0.05) is 30.3 Å². The molecule has 0 heterocycles. The summed E-state index contributed by atoms with van der Waals surface area (Å²) in [5.74, 6) is 0.398. The molecule has 0 spiro atoms. The van der Waals surface area contributed by atoms with E-state index < -0.39 is 0 Å². The van der Waals surface area contributed by atoms with E-state index in [2.05, 4.69) is 10.6 Å². The van der Waals surface area contributed by atoms with Crippen molar-refractivity contribution >= 4 is 23.6 Å². The minimum atomic E-state index is -0.237. The van der Waals surface area contributed by atoms with Gasteiger partial charge in [-0.2, -0.15) is 0 Å². The first-order valence-corrected chi connectivity index (χ1v) is 8.04. The zero-order valence-electron chi connectivity index (χ0n) is 14.4. The Labute approximate surface area is 147 Å². The molecule has 130 valence electrons. The van der Waals surface area contributed by atoms with E-state index in [9.17, 15) is 9.59 Å². The van der Waals surface area contributed by atoms with Crippen molar-refractivity contribution in [2.45, 2.75) is 13.3 Å². The van der Waals surface area contributed by atoms with E-state index in [0.717, 1.165) is 22.6 Å². The highest BCUT2D eigenvalue weighted by atomic mass is 16.5. The molecule has 2 aromatic rings. The van der Waals surface area contributed by atoms with E-state index in [1.165, 1.54) is 6.08 Å². The van der Waals surface area contributed by atoms with Crippen LogP contribution in [0.25, 0.3) is 6.08 Å². The molecule has 0 bridgehead atoms. The summed E-state index contributed by atoms with van der Waals surface area (Å²) in [7, 11) is 1.60. The summed E-state index contributed by atoms with van der Waals surface area (Å²) >= 11 is 0. The zero-order valence-corrected chi connectivity index (χ0v) is 14.4. The van der Waals surface area contributed by atoms with Gasteiger partial charge in [-0.05, 0) is 42.3 Å². The lowest BCUT2D eigenvalue weighted by Crippen LogP contribution is -2.26. The smallest absolute Gasteiger partial charge is 0.244 e. The monoisotopic (exact) mass is 338 g/mol. The zero-order chi connectivity index (χ0) is 18.1. The third kappa shape index (κ3) is 6.14. The highest BCUT2D eigenvalue weighted by molar-refractivity contribution is 5.93. The maximum Gasteiger partial charge on any atom is 0.244 e. The number of nitrogens with one attached hydrogen (secondary N) is 2. The summed E-state index contributed by atoms with van der Waals surface area (Å²) in [6, 6.07) is 14.9. The van der Waals surface area contributed by atoms with Gasteiger partial charge in [0.25, 0.3) is 0 Å². The Morgan fingerprint density at radius 2 is 1.80 bits per heavy atom. The molecule has 0 aliphatic rings. The highest BCUT2D eigenvalue weighted by Crippen LogP contribution is 2.13. The summed E-state index contributed by atoms with van der Waals surface area (Å²) < 4.78 is 5.08. The third-order valence-corrected chi connectivity index (χ3v) is 3.61. The molecule has 0 saturated carbocycles. The lowest BCUT2D eigenvalue weighted by atomic mass is 10.2. The topological polar surface area (TPSA) is 67.4 Å². The summed E-state index contributed by atoms with van der Waals surface area (Å²) in [5.41, 5.74) is 2.69. The molecule has 2 aromatic carbocycles. The third-order valence-electron chi connectivity index (χ3n) is 3.61. The molecule has 0 radical (unpaired) electrons. The van der Waals surface area contributed by atoms with Crippen molar-refractivity contribution in [3.63, 3.8) is 0 Å². The van der Waals surface area contributed by atoms with Crippen LogP contribution < -0.4 is 15.4 Å². The molecule has 0 aliphatic carbocycles. The number of para-hydroxylation sites is 1. The van der Waals surface area contributed by atoms with Gasteiger partial charge in [0.15, 0.2) is 0 Å². The van der Waals surface area contributed by atoms with Crippen molar-refractivity contribution in [1.29, 1.82) is 0 Å². The van der Waals surface area contributed by atoms with E-state index >= 15 is 0 Å². The summed E-state index contributed by atoms with van der Waals surface area (Å²) in [6.45, 7) is 2.21. The van der Waals surface area contributed by atoms with Crippen LogP contribution in [0.15, 0.2) is 54.6 Å². The van der Waals surface area contributed by atoms with Gasteiger partial charge in [0.2, 0.25) is 11.8 Å². The SMILES string of the molecule is COc1ccc(/C=C/C(=O)NCCC(=O)Nc2ccccc2C)cc1. The molecule has 5 nitrogen and oxygen atoms in total. The van der Waals surface area contributed by atoms with Crippen LogP contribution in [0, 0.1) is 6.92 Å². The van der Waals surface area contributed by atoms with Gasteiger partial charge < -0.3 is 15.4 Å². The summed E-state index contributed by atoms with van der Waals surface area (Å²) in [6.07, 6.45) is 3.37. The van der Waals surface area contributed by atoms with Crippen molar-refractivity contribution in [3.05, 3.63) is 65.7 Å². The fourth-order valence-corrected chi connectivity index (χ4v) is 2.17. The van der Waals surface area contributed by atoms with Crippen LogP contribution in [0.1, 0.15) is 17.5 Å². The Morgan fingerprint density at radius 1 is 1.08 bits per heavy atom. The number of methoxy groups -OCH3 is 1. The predicted octanol–water partition coefficient (Wildman–Crippen LogP) is 3.16. The number of benzene rings is 2. The fourth-order valence-electron chi connectivity index (χ4n) is 2.17. The van der Waals surface area contributed by atoms with Crippen LogP contribution in [0.2, 0.25) is 0 Å². The molecule has 5 heteroatoms. The van der Waals surface area contributed by atoms with E-state index in [1.807, 2.05) is 55.5 Å². The maximum atomic E-state index is 11.9. The van der Waals surface area contributed by atoms with E-state index in [1.54, 1.807) is 13.2 Å². The summed E-state index contributed by atoms with van der Waals surface area (Å²) in [4.78, 5) is 23.7. The number of ether oxygens (including phenoxy) is 1. The van der Waals surface area contributed by atoms with Crippen molar-refractivity contribution < 1.29 is 14.3 Å². The van der Waals surface area contributed by atoms with E-state index in [0.29, 0.717) is 0 Å². The van der Waals surface area contributed by atoms with Crippen LogP contribution in [-0.4, -0.2) is 25.5 Å². The van der Waals surface area contributed by atoms with Gasteiger partial charge >= 0.3 is 0 Å². The molecule has 0 atom stereocenters. The molecule has 2 amide bonds. The Morgan fingerprint density at radius 3 is 2.48 bits per heavy atom. The lowest BCUT2D eigenvalue weighted by Gasteiger charge is -2.08. The van der Waals surface area contributed by atoms with Gasteiger partial charge in [-0.15, -0.1) is 0 Å². The minimum Gasteiger partial charge on any atom is -0.497 e. The van der Waals surface area contributed by atoms with Crippen molar-refractivity contribution in [3.8, 4) is 5.75 Å².